The van der Waals surface area contributed by atoms with Crippen LogP contribution in [0, 0.1) is 0 Å². The number of para-hydroxylation sites is 1. The quantitative estimate of drug-likeness (QED) is 0.587. The van der Waals surface area contributed by atoms with Gasteiger partial charge < -0.3 is 15.0 Å². The van der Waals surface area contributed by atoms with E-state index in [0.717, 1.165) is 17.2 Å². The molecule has 1 heterocycles. The fraction of sp³-hybridized carbons (Fsp3) is 0.353. The number of unbranched alkanes of at least 4 members (excludes halogenated alkanes) is 1. The zero-order valence-electron chi connectivity index (χ0n) is 13.8. The van der Waals surface area contributed by atoms with Crippen molar-refractivity contribution in [2.24, 2.45) is 0 Å². The maximum absolute atomic E-state index is 12.1. The number of amides is 1. The minimum Gasteiger partial charge on any atom is -0.469 e. The van der Waals surface area contributed by atoms with E-state index in [9.17, 15) is 9.59 Å². The Labute approximate surface area is 145 Å². The average molecular weight is 347 g/mol. The lowest BCUT2D eigenvalue weighted by molar-refractivity contribution is -0.140. The van der Waals surface area contributed by atoms with Gasteiger partial charge >= 0.3 is 5.97 Å². The largest absolute Gasteiger partial charge is 0.469 e. The number of thiazole rings is 1. The Morgan fingerprint density at radius 3 is 2.71 bits per heavy atom. The number of anilines is 2. The van der Waals surface area contributed by atoms with Crippen LogP contribution >= 0.6 is 11.3 Å². The van der Waals surface area contributed by atoms with Gasteiger partial charge in [-0.1, -0.05) is 18.2 Å². The second kappa shape index (κ2) is 9.02. The van der Waals surface area contributed by atoms with Gasteiger partial charge in [0.1, 0.15) is 5.69 Å². The van der Waals surface area contributed by atoms with Gasteiger partial charge in [0.05, 0.1) is 7.11 Å². The van der Waals surface area contributed by atoms with Crippen LogP contribution in [-0.4, -0.2) is 37.6 Å². The van der Waals surface area contributed by atoms with Crippen LogP contribution in [0.2, 0.25) is 0 Å². The van der Waals surface area contributed by atoms with Gasteiger partial charge in [-0.2, -0.15) is 0 Å². The number of esters is 1. The molecule has 6 nitrogen and oxygen atoms in total. The van der Waals surface area contributed by atoms with E-state index in [0.29, 0.717) is 25.1 Å². The van der Waals surface area contributed by atoms with E-state index >= 15 is 0 Å². The predicted octanol–water partition coefficient (Wildman–Crippen LogP) is 2.98. The minimum atomic E-state index is -0.227. The van der Waals surface area contributed by atoms with Crippen molar-refractivity contribution in [1.82, 2.24) is 10.3 Å². The van der Waals surface area contributed by atoms with Crippen LogP contribution in [0.15, 0.2) is 35.7 Å². The summed E-state index contributed by atoms with van der Waals surface area (Å²) in [5.41, 5.74) is 1.42. The third kappa shape index (κ3) is 5.06. The topological polar surface area (TPSA) is 71.5 Å². The van der Waals surface area contributed by atoms with Gasteiger partial charge in [-0.25, -0.2) is 4.98 Å². The molecule has 0 aliphatic rings. The molecule has 0 bridgehead atoms. The molecule has 128 valence electrons. The number of ether oxygens (including phenoxy) is 1. The van der Waals surface area contributed by atoms with E-state index < -0.39 is 0 Å². The first kappa shape index (κ1) is 17.9. The number of aromatic nitrogens is 1. The number of carbonyl (C=O) groups is 2. The van der Waals surface area contributed by atoms with Gasteiger partial charge in [-0.05, 0) is 25.0 Å². The molecule has 1 aromatic carbocycles. The first-order chi connectivity index (χ1) is 11.6. The molecule has 2 rings (SSSR count). The van der Waals surface area contributed by atoms with Gasteiger partial charge in [0, 0.05) is 31.1 Å². The smallest absolute Gasteiger partial charge is 0.305 e. The monoisotopic (exact) mass is 347 g/mol. The van der Waals surface area contributed by atoms with Crippen molar-refractivity contribution >= 4 is 34.0 Å². The van der Waals surface area contributed by atoms with Crippen LogP contribution in [0.1, 0.15) is 29.8 Å². The standard InChI is InChI=1S/C17H21N3O3S/c1-20(13-8-4-3-5-9-13)17-19-14(12-24-17)16(22)18-11-7-6-10-15(21)23-2/h3-5,8-9,12H,6-7,10-11H2,1-2H3,(H,18,22). The molecule has 24 heavy (non-hydrogen) atoms. The molecular weight excluding hydrogens is 326 g/mol. The van der Waals surface area contributed by atoms with E-state index in [-0.39, 0.29) is 11.9 Å². The highest BCUT2D eigenvalue weighted by Crippen LogP contribution is 2.26. The van der Waals surface area contributed by atoms with Crippen molar-refractivity contribution < 1.29 is 14.3 Å². The second-order valence-corrected chi connectivity index (χ2v) is 6.04. The highest BCUT2D eigenvalue weighted by molar-refractivity contribution is 7.14. The lowest BCUT2D eigenvalue weighted by Crippen LogP contribution is -2.25. The summed E-state index contributed by atoms with van der Waals surface area (Å²) in [5, 5.41) is 5.33. The molecule has 0 fully saturated rings. The number of benzene rings is 1. The fourth-order valence-corrected chi connectivity index (χ4v) is 2.86. The Morgan fingerprint density at radius 2 is 2.00 bits per heavy atom. The summed E-state index contributed by atoms with van der Waals surface area (Å²) in [6.07, 6.45) is 1.78. The summed E-state index contributed by atoms with van der Waals surface area (Å²) in [6, 6.07) is 9.85. The van der Waals surface area contributed by atoms with Crippen LogP contribution in [0.25, 0.3) is 0 Å². The maximum atomic E-state index is 12.1. The van der Waals surface area contributed by atoms with Gasteiger partial charge in [-0.3, -0.25) is 9.59 Å². The molecule has 0 saturated heterocycles. The number of nitrogens with zero attached hydrogens (tertiary/aromatic N) is 2. The van der Waals surface area contributed by atoms with Crippen LogP contribution in [0.4, 0.5) is 10.8 Å². The number of hydrogen-bond acceptors (Lipinski definition) is 6. The molecule has 1 N–H and O–H groups in total. The van der Waals surface area contributed by atoms with Crippen LogP contribution in [0.5, 0.6) is 0 Å². The summed E-state index contributed by atoms with van der Waals surface area (Å²) in [7, 11) is 3.29. The number of hydrogen-bond donors (Lipinski definition) is 1. The van der Waals surface area contributed by atoms with E-state index in [2.05, 4.69) is 15.0 Å². The molecule has 1 amide bonds. The Morgan fingerprint density at radius 1 is 1.25 bits per heavy atom. The maximum Gasteiger partial charge on any atom is 0.305 e. The van der Waals surface area contributed by atoms with Crippen molar-refractivity contribution in [1.29, 1.82) is 0 Å². The van der Waals surface area contributed by atoms with Crippen molar-refractivity contribution in [2.45, 2.75) is 19.3 Å². The number of carbonyl (C=O) groups excluding carboxylic acids is 2. The zero-order valence-corrected chi connectivity index (χ0v) is 14.6. The summed E-state index contributed by atoms with van der Waals surface area (Å²) in [5.74, 6) is -0.425. The highest BCUT2D eigenvalue weighted by Gasteiger charge is 2.13. The van der Waals surface area contributed by atoms with Crippen molar-refractivity contribution in [3.05, 3.63) is 41.4 Å². The van der Waals surface area contributed by atoms with Crippen molar-refractivity contribution in [2.75, 3.05) is 25.6 Å². The first-order valence-electron chi connectivity index (χ1n) is 7.71. The summed E-state index contributed by atoms with van der Waals surface area (Å²) in [6.45, 7) is 0.511. The van der Waals surface area contributed by atoms with E-state index in [1.165, 1.54) is 18.4 Å². The van der Waals surface area contributed by atoms with Gasteiger partial charge in [0.25, 0.3) is 5.91 Å². The Balaban J connectivity index is 1.82. The third-order valence-electron chi connectivity index (χ3n) is 3.48. The molecule has 0 aliphatic heterocycles. The molecule has 7 heteroatoms. The zero-order chi connectivity index (χ0) is 17.4. The normalized spacial score (nSPS) is 10.2. The number of nitrogens with one attached hydrogen (secondary N) is 1. The van der Waals surface area contributed by atoms with Gasteiger partial charge in [0.2, 0.25) is 0 Å². The minimum absolute atomic E-state index is 0.197. The summed E-state index contributed by atoms with van der Waals surface area (Å²) >= 11 is 1.42. The van der Waals surface area contributed by atoms with E-state index in [1.54, 1.807) is 5.38 Å². The average Bonchev–Trinajstić information content (AvgIpc) is 3.11. The molecule has 0 atom stereocenters. The summed E-state index contributed by atoms with van der Waals surface area (Å²) < 4.78 is 4.57. The molecule has 2 aromatic rings. The number of methoxy groups -OCH3 is 1. The van der Waals surface area contributed by atoms with E-state index in [1.807, 2.05) is 42.3 Å². The molecule has 0 unspecified atom stereocenters. The molecular formula is C17H21N3O3S. The lowest BCUT2D eigenvalue weighted by Gasteiger charge is -2.15. The van der Waals surface area contributed by atoms with Gasteiger partial charge in [0.15, 0.2) is 5.13 Å². The molecule has 0 saturated carbocycles. The lowest BCUT2D eigenvalue weighted by atomic mass is 10.2. The SMILES string of the molecule is COC(=O)CCCCNC(=O)c1csc(N(C)c2ccccc2)n1. The molecule has 0 radical (unpaired) electrons. The third-order valence-corrected chi connectivity index (χ3v) is 4.39. The first-order valence-corrected chi connectivity index (χ1v) is 8.59. The molecule has 0 spiro atoms. The van der Waals surface area contributed by atoms with Gasteiger partial charge in [-0.15, -0.1) is 11.3 Å². The van der Waals surface area contributed by atoms with E-state index in [4.69, 9.17) is 0 Å². The Kier molecular flexibility index (Phi) is 6.74. The Hall–Kier alpha value is -2.41. The Bertz CT molecular complexity index is 673. The van der Waals surface area contributed by atoms with Crippen LogP contribution in [-0.2, 0) is 9.53 Å². The van der Waals surface area contributed by atoms with Crippen molar-refractivity contribution in [3.8, 4) is 0 Å². The van der Waals surface area contributed by atoms with Crippen molar-refractivity contribution in [3.63, 3.8) is 0 Å². The van der Waals surface area contributed by atoms with Crippen LogP contribution in [0.3, 0.4) is 0 Å². The summed E-state index contributed by atoms with van der Waals surface area (Å²) in [4.78, 5) is 29.4. The molecule has 1 aromatic heterocycles. The predicted molar refractivity (Wildman–Crippen MR) is 94.8 cm³/mol. The highest BCUT2D eigenvalue weighted by atomic mass is 32.1. The fourth-order valence-electron chi connectivity index (χ4n) is 2.07. The second-order valence-electron chi connectivity index (χ2n) is 5.20. The molecule has 0 aliphatic carbocycles. The van der Waals surface area contributed by atoms with Crippen LogP contribution < -0.4 is 10.2 Å². The number of rotatable bonds is 8.